The minimum absolute atomic E-state index is 0.571. The van der Waals surface area contributed by atoms with E-state index in [9.17, 15) is 0 Å². The van der Waals surface area contributed by atoms with Crippen molar-refractivity contribution in [3.8, 4) is 11.6 Å². The highest BCUT2D eigenvalue weighted by Crippen LogP contribution is 2.27. The lowest BCUT2D eigenvalue weighted by Gasteiger charge is -2.11. The fourth-order valence-electron chi connectivity index (χ4n) is 1.82. The van der Waals surface area contributed by atoms with E-state index in [0.29, 0.717) is 11.0 Å². The first-order valence-corrected chi connectivity index (χ1v) is 8.27. The first-order valence-electron chi connectivity index (χ1n) is 7.04. The average molecular weight is 303 g/mol. The van der Waals surface area contributed by atoms with Crippen molar-refractivity contribution >= 4 is 17.6 Å². The quantitative estimate of drug-likeness (QED) is 0.632. The minimum atomic E-state index is 0.571. The van der Waals surface area contributed by atoms with Gasteiger partial charge in [0.2, 0.25) is 5.88 Å². The summed E-state index contributed by atoms with van der Waals surface area (Å²) in [7, 11) is 0. The molecular formula is C16H21N3OS. The molecule has 4 nitrogen and oxygen atoms in total. The number of ether oxygens (including phenoxy) is 1. The van der Waals surface area contributed by atoms with E-state index in [2.05, 4.69) is 34.3 Å². The van der Waals surface area contributed by atoms with Gasteiger partial charge in [0.05, 0.1) is 0 Å². The maximum Gasteiger partial charge on any atom is 0.225 e. The van der Waals surface area contributed by atoms with Gasteiger partial charge in [-0.1, -0.05) is 30.8 Å². The van der Waals surface area contributed by atoms with Crippen LogP contribution in [-0.2, 0) is 0 Å². The highest BCUT2D eigenvalue weighted by Gasteiger charge is 2.08. The van der Waals surface area contributed by atoms with Gasteiger partial charge < -0.3 is 10.1 Å². The maximum atomic E-state index is 5.95. The van der Waals surface area contributed by atoms with E-state index in [1.165, 1.54) is 17.3 Å². The van der Waals surface area contributed by atoms with Crippen LogP contribution in [0.25, 0.3) is 0 Å². The van der Waals surface area contributed by atoms with Gasteiger partial charge in [-0.15, -0.1) is 0 Å². The Hall–Kier alpha value is -1.75. The number of nitrogens with one attached hydrogen (secondary N) is 1. The Morgan fingerprint density at radius 2 is 2.00 bits per heavy atom. The van der Waals surface area contributed by atoms with Crippen LogP contribution in [0.1, 0.15) is 24.5 Å². The summed E-state index contributed by atoms with van der Waals surface area (Å²) in [5.41, 5.74) is 2.26. The van der Waals surface area contributed by atoms with Crippen molar-refractivity contribution in [2.45, 2.75) is 32.3 Å². The van der Waals surface area contributed by atoms with Gasteiger partial charge in [0.25, 0.3) is 0 Å². The summed E-state index contributed by atoms with van der Waals surface area (Å²) in [5, 5.41) is 3.98. The molecule has 0 aliphatic heterocycles. The van der Waals surface area contributed by atoms with Crippen LogP contribution in [0.5, 0.6) is 11.6 Å². The van der Waals surface area contributed by atoms with Crippen LogP contribution in [0.2, 0.25) is 0 Å². The number of benzene rings is 1. The van der Waals surface area contributed by atoms with Crippen LogP contribution >= 0.6 is 11.8 Å². The number of hydrogen-bond acceptors (Lipinski definition) is 5. The molecule has 1 aromatic carbocycles. The fourth-order valence-corrected chi connectivity index (χ4v) is 2.19. The zero-order valence-corrected chi connectivity index (χ0v) is 13.8. The number of aryl methyl sites for hydroxylation is 2. The van der Waals surface area contributed by atoms with Crippen LogP contribution in [0, 0.1) is 13.8 Å². The van der Waals surface area contributed by atoms with E-state index >= 15 is 0 Å². The third-order valence-corrected chi connectivity index (χ3v) is 3.53. The molecule has 112 valence electrons. The van der Waals surface area contributed by atoms with E-state index in [1.807, 2.05) is 32.2 Å². The molecule has 0 spiro atoms. The normalized spacial score (nSPS) is 10.5. The van der Waals surface area contributed by atoms with E-state index in [0.717, 1.165) is 30.1 Å². The smallest absolute Gasteiger partial charge is 0.225 e. The van der Waals surface area contributed by atoms with Gasteiger partial charge in [-0.05, 0) is 43.7 Å². The van der Waals surface area contributed by atoms with Crippen molar-refractivity contribution in [3.63, 3.8) is 0 Å². The van der Waals surface area contributed by atoms with E-state index < -0.39 is 0 Å². The first-order chi connectivity index (χ1) is 10.1. The molecule has 2 aromatic rings. The Bertz CT molecular complexity index is 616. The van der Waals surface area contributed by atoms with Gasteiger partial charge in [-0.3, -0.25) is 0 Å². The van der Waals surface area contributed by atoms with Crippen molar-refractivity contribution in [1.29, 1.82) is 0 Å². The lowest BCUT2D eigenvalue weighted by atomic mass is 10.1. The molecule has 1 N–H and O–H groups in total. The van der Waals surface area contributed by atoms with Crippen LogP contribution in [0.15, 0.2) is 29.4 Å². The summed E-state index contributed by atoms with van der Waals surface area (Å²) in [6.45, 7) is 7.08. The number of hydrogen-bond donors (Lipinski definition) is 1. The molecule has 0 aliphatic rings. The minimum Gasteiger partial charge on any atom is -0.439 e. The van der Waals surface area contributed by atoms with Crippen LogP contribution in [0.3, 0.4) is 0 Å². The summed E-state index contributed by atoms with van der Waals surface area (Å²) >= 11 is 1.51. The molecule has 0 atom stereocenters. The maximum absolute atomic E-state index is 5.95. The van der Waals surface area contributed by atoms with Gasteiger partial charge in [0.15, 0.2) is 5.16 Å². The predicted octanol–water partition coefficient (Wildman–Crippen LogP) is 4.43. The second-order valence-corrected chi connectivity index (χ2v) is 5.65. The molecule has 0 saturated carbocycles. The number of thioether (sulfide) groups is 1. The van der Waals surface area contributed by atoms with Crippen molar-refractivity contribution < 1.29 is 4.74 Å². The predicted molar refractivity (Wildman–Crippen MR) is 88.6 cm³/mol. The van der Waals surface area contributed by atoms with Crippen molar-refractivity contribution in [2.75, 3.05) is 18.1 Å². The largest absolute Gasteiger partial charge is 0.439 e. The Kier molecular flexibility index (Phi) is 5.44. The van der Waals surface area contributed by atoms with Crippen LogP contribution in [0.4, 0.5) is 5.82 Å². The number of aromatic nitrogens is 2. The zero-order chi connectivity index (χ0) is 15.2. The van der Waals surface area contributed by atoms with E-state index in [4.69, 9.17) is 4.74 Å². The van der Waals surface area contributed by atoms with E-state index in [-0.39, 0.29) is 0 Å². The summed E-state index contributed by atoms with van der Waals surface area (Å²) in [6, 6.07) is 7.99. The third kappa shape index (κ3) is 4.36. The Morgan fingerprint density at radius 1 is 1.19 bits per heavy atom. The molecule has 0 unspecified atom stereocenters. The number of nitrogens with zero attached hydrogens (tertiary/aromatic N) is 2. The Morgan fingerprint density at radius 3 is 2.71 bits per heavy atom. The number of anilines is 1. The van der Waals surface area contributed by atoms with Gasteiger partial charge in [-0.2, -0.15) is 4.98 Å². The molecule has 0 bridgehead atoms. The Labute approximate surface area is 130 Å². The molecule has 21 heavy (non-hydrogen) atoms. The van der Waals surface area contributed by atoms with E-state index in [1.54, 1.807) is 0 Å². The molecule has 0 amide bonds. The number of rotatable bonds is 6. The van der Waals surface area contributed by atoms with Crippen LogP contribution < -0.4 is 10.1 Å². The average Bonchev–Trinajstić information content (AvgIpc) is 2.48. The molecule has 1 aromatic heterocycles. The molecule has 5 heteroatoms. The Balaban J connectivity index is 2.27. The summed E-state index contributed by atoms with van der Waals surface area (Å²) in [4.78, 5) is 8.85. The first kappa shape index (κ1) is 15.6. The SMILES string of the molecule is CCCNc1cc(Oc2cc(C)ccc2C)nc(SC)n1. The molecule has 0 saturated heterocycles. The molecule has 0 aliphatic carbocycles. The molecule has 0 radical (unpaired) electrons. The van der Waals surface area contributed by atoms with Gasteiger partial charge in [0, 0.05) is 12.6 Å². The fraction of sp³-hybridized carbons (Fsp3) is 0.375. The van der Waals surface area contributed by atoms with Crippen molar-refractivity contribution in [3.05, 3.63) is 35.4 Å². The highest BCUT2D eigenvalue weighted by atomic mass is 32.2. The second-order valence-electron chi connectivity index (χ2n) is 4.88. The zero-order valence-electron chi connectivity index (χ0n) is 12.9. The van der Waals surface area contributed by atoms with Gasteiger partial charge in [-0.25, -0.2) is 4.98 Å². The monoisotopic (exact) mass is 303 g/mol. The standard InChI is InChI=1S/C16H21N3OS/c1-5-8-17-14-10-15(19-16(18-14)21-4)20-13-9-11(2)6-7-12(13)3/h6-7,9-10H,5,8H2,1-4H3,(H,17,18,19). The molecule has 1 heterocycles. The topological polar surface area (TPSA) is 47.0 Å². The van der Waals surface area contributed by atoms with Crippen molar-refractivity contribution in [1.82, 2.24) is 9.97 Å². The lowest BCUT2D eigenvalue weighted by Crippen LogP contribution is -2.04. The van der Waals surface area contributed by atoms with Gasteiger partial charge in [0.1, 0.15) is 11.6 Å². The summed E-state index contributed by atoms with van der Waals surface area (Å²) in [5.74, 6) is 2.21. The third-order valence-electron chi connectivity index (χ3n) is 2.98. The summed E-state index contributed by atoms with van der Waals surface area (Å²) in [6.07, 6.45) is 3.01. The second kappa shape index (κ2) is 7.31. The van der Waals surface area contributed by atoms with Gasteiger partial charge >= 0.3 is 0 Å². The summed E-state index contributed by atoms with van der Waals surface area (Å²) < 4.78 is 5.95. The van der Waals surface area contributed by atoms with Crippen molar-refractivity contribution in [2.24, 2.45) is 0 Å². The molecule has 0 fully saturated rings. The molecular weight excluding hydrogens is 282 g/mol. The highest BCUT2D eigenvalue weighted by molar-refractivity contribution is 7.98. The lowest BCUT2D eigenvalue weighted by molar-refractivity contribution is 0.452. The van der Waals surface area contributed by atoms with Crippen LogP contribution in [-0.4, -0.2) is 22.8 Å². The molecule has 2 rings (SSSR count).